The Labute approximate surface area is 152 Å². The van der Waals surface area contributed by atoms with E-state index in [2.05, 4.69) is 11.3 Å². The SMILES string of the molecule is C=C(C)C(=O)OCCO.O=S(=O)([O-])C=Cc1ccccc1.[Na+]. The molecular formula is C14H17NaO6S. The Morgan fingerprint density at radius 2 is 1.91 bits per heavy atom. The van der Waals surface area contributed by atoms with Crippen molar-refractivity contribution in [2.75, 3.05) is 13.2 Å². The monoisotopic (exact) mass is 336 g/mol. The molecule has 0 radical (unpaired) electrons. The molecule has 116 valence electrons. The molecule has 1 aromatic rings. The van der Waals surface area contributed by atoms with Gasteiger partial charge in [0.15, 0.2) is 0 Å². The zero-order valence-electron chi connectivity index (χ0n) is 12.6. The summed E-state index contributed by atoms with van der Waals surface area (Å²) >= 11 is 0. The fourth-order valence-electron chi connectivity index (χ4n) is 0.988. The van der Waals surface area contributed by atoms with Gasteiger partial charge >= 0.3 is 35.5 Å². The summed E-state index contributed by atoms with van der Waals surface area (Å²) in [5, 5.41) is 8.83. The van der Waals surface area contributed by atoms with Crippen LogP contribution in [0.2, 0.25) is 0 Å². The normalized spacial score (nSPS) is 10.1. The van der Waals surface area contributed by atoms with Crippen molar-refractivity contribution < 1.29 is 57.2 Å². The summed E-state index contributed by atoms with van der Waals surface area (Å²) < 4.78 is 35.0. The van der Waals surface area contributed by atoms with Gasteiger partial charge in [0.2, 0.25) is 0 Å². The summed E-state index contributed by atoms with van der Waals surface area (Å²) in [5.41, 5.74) is 1.04. The number of aliphatic hydroxyl groups excluding tert-OH is 1. The van der Waals surface area contributed by atoms with Crippen LogP contribution < -0.4 is 29.6 Å². The van der Waals surface area contributed by atoms with Gasteiger partial charge in [0.1, 0.15) is 16.7 Å². The number of carbonyl (C=O) groups is 1. The number of hydrogen-bond donors (Lipinski definition) is 1. The zero-order valence-corrected chi connectivity index (χ0v) is 15.4. The summed E-state index contributed by atoms with van der Waals surface area (Å²) in [6.45, 7) is 4.81. The molecule has 0 saturated heterocycles. The molecule has 0 amide bonds. The summed E-state index contributed by atoms with van der Waals surface area (Å²) in [5.74, 6) is -0.455. The predicted octanol–water partition coefficient (Wildman–Crippen LogP) is -1.70. The summed E-state index contributed by atoms with van der Waals surface area (Å²) in [6.07, 6.45) is 1.27. The van der Waals surface area contributed by atoms with Gasteiger partial charge in [0.05, 0.1) is 6.61 Å². The second-order valence-electron chi connectivity index (χ2n) is 3.85. The van der Waals surface area contributed by atoms with Crippen LogP contribution in [-0.4, -0.2) is 37.3 Å². The molecule has 8 heteroatoms. The molecule has 6 nitrogen and oxygen atoms in total. The van der Waals surface area contributed by atoms with Gasteiger partial charge in [-0.15, -0.1) is 0 Å². The van der Waals surface area contributed by atoms with Crippen molar-refractivity contribution in [2.45, 2.75) is 6.92 Å². The van der Waals surface area contributed by atoms with E-state index >= 15 is 0 Å². The topological polar surface area (TPSA) is 104 Å². The fourth-order valence-corrected chi connectivity index (χ4v) is 1.31. The molecule has 0 heterocycles. The zero-order chi connectivity index (χ0) is 16.3. The van der Waals surface area contributed by atoms with Gasteiger partial charge in [0.25, 0.3) is 0 Å². The van der Waals surface area contributed by atoms with Gasteiger partial charge in [-0.2, -0.15) is 0 Å². The van der Waals surface area contributed by atoms with E-state index in [9.17, 15) is 17.8 Å². The molecule has 0 aliphatic heterocycles. The van der Waals surface area contributed by atoms with Crippen molar-refractivity contribution in [1.29, 1.82) is 0 Å². The molecule has 1 N–H and O–H groups in total. The van der Waals surface area contributed by atoms with Gasteiger partial charge in [-0.1, -0.05) is 36.9 Å². The van der Waals surface area contributed by atoms with E-state index in [0.717, 1.165) is 0 Å². The standard InChI is InChI=1S/C8H8O3S.C6H10O3.Na/c9-12(10,11)7-6-8-4-2-1-3-5-8;1-5(2)6(8)9-4-3-7;/h1-7H,(H,9,10,11);7H,1,3-4H2,2H3;/q;;+1/p-1. The van der Waals surface area contributed by atoms with Crippen LogP contribution in [0.3, 0.4) is 0 Å². The predicted molar refractivity (Wildman–Crippen MR) is 78.0 cm³/mol. The Morgan fingerprint density at radius 3 is 2.32 bits per heavy atom. The van der Waals surface area contributed by atoms with Crippen molar-refractivity contribution in [2.24, 2.45) is 0 Å². The first-order valence-electron chi connectivity index (χ1n) is 5.89. The Morgan fingerprint density at radius 1 is 1.36 bits per heavy atom. The Bertz CT molecular complexity index is 581. The number of ether oxygens (including phenoxy) is 1. The number of rotatable bonds is 5. The summed E-state index contributed by atoms with van der Waals surface area (Å²) in [4.78, 5) is 10.5. The van der Waals surface area contributed by atoms with Crippen LogP contribution in [0, 0.1) is 0 Å². The third-order valence-corrected chi connectivity index (χ3v) is 2.37. The van der Waals surface area contributed by atoms with Crippen LogP contribution in [0.5, 0.6) is 0 Å². The first-order valence-corrected chi connectivity index (χ1v) is 7.36. The van der Waals surface area contributed by atoms with E-state index in [1.165, 1.54) is 6.08 Å². The summed E-state index contributed by atoms with van der Waals surface area (Å²) in [6, 6.07) is 8.75. The number of hydrogen-bond acceptors (Lipinski definition) is 6. The number of benzene rings is 1. The third kappa shape index (κ3) is 14.0. The molecule has 0 aliphatic rings. The second kappa shape index (κ2) is 12.6. The van der Waals surface area contributed by atoms with Gasteiger partial charge < -0.3 is 14.4 Å². The van der Waals surface area contributed by atoms with Crippen molar-refractivity contribution >= 4 is 22.2 Å². The average molecular weight is 336 g/mol. The minimum absolute atomic E-state index is 0. The molecule has 0 unspecified atom stereocenters. The second-order valence-corrected chi connectivity index (χ2v) is 5.10. The van der Waals surface area contributed by atoms with E-state index < -0.39 is 16.1 Å². The third-order valence-electron chi connectivity index (χ3n) is 1.90. The maximum absolute atomic E-state index is 10.5. The molecule has 1 aromatic carbocycles. The van der Waals surface area contributed by atoms with Crippen molar-refractivity contribution in [1.82, 2.24) is 0 Å². The number of aliphatic hydroxyl groups is 1. The average Bonchev–Trinajstić information content (AvgIpc) is 2.43. The van der Waals surface area contributed by atoms with Crippen molar-refractivity contribution in [3.8, 4) is 0 Å². The van der Waals surface area contributed by atoms with E-state index in [-0.39, 0.29) is 42.8 Å². The number of esters is 1. The molecule has 0 atom stereocenters. The van der Waals surface area contributed by atoms with E-state index in [1.54, 1.807) is 31.2 Å². The molecule has 0 bridgehead atoms. The van der Waals surface area contributed by atoms with Crippen molar-refractivity contribution in [3.05, 3.63) is 53.5 Å². The maximum Gasteiger partial charge on any atom is 1.00 e. The minimum atomic E-state index is -4.25. The molecule has 1 rings (SSSR count). The fraction of sp³-hybridized carbons (Fsp3) is 0.214. The van der Waals surface area contributed by atoms with Crippen LogP contribution in [0.4, 0.5) is 0 Å². The van der Waals surface area contributed by atoms with Gasteiger partial charge in [0, 0.05) is 11.0 Å². The first-order chi connectivity index (χ1) is 9.76. The van der Waals surface area contributed by atoms with Crippen LogP contribution in [-0.2, 0) is 19.6 Å². The van der Waals surface area contributed by atoms with E-state index in [1.807, 2.05) is 6.07 Å². The van der Waals surface area contributed by atoms with Crippen LogP contribution in [0.1, 0.15) is 12.5 Å². The Kier molecular flexibility index (Phi) is 13.3. The van der Waals surface area contributed by atoms with Gasteiger partial charge in [-0.3, -0.25) is 0 Å². The van der Waals surface area contributed by atoms with Gasteiger partial charge in [-0.25, -0.2) is 13.2 Å². The molecule has 0 fully saturated rings. The first kappa shape index (κ1) is 23.3. The van der Waals surface area contributed by atoms with Crippen LogP contribution >= 0.6 is 0 Å². The quantitative estimate of drug-likeness (QED) is 0.298. The smallest absolute Gasteiger partial charge is 0.744 e. The van der Waals surface area contributed by atoms with E-state index in [0.29, 0.717) is 16.5 Å². The van der Waals surface area contributed by atoms with Crippen molar-refractivity contribution in [3.63, 3.8) is 0 Å². The maximum atomic E-state index is 10.5. The number of carbonyl (C=O) groups excluding carboxylic acids is 1. The van der Waals surface area contributed by atoms with E-state index in [4.69, 9.17) is 5.11 Å². The Balaban J connectivity index is 0. The molecule has 0 aromatic heterocycles. The molecule has 0 saturated carbocycles. The Hall–Kier alpha value is -0.960. The molecule has 0 spiro atoms. The van der Waals surface area contributed by atoms with Gasteiger partial charge in [-0.05, 0) is 18.6 Å². The van der Waals surface area contributed by atoms with Crippen LogP contribution in [0.25, 0.3) is 6.08 Å². The molecular weight excluding hydrogens is 319 g/mol. The molecule has 22 heavy (non-hydrogen) atoms. The summed E-state index contributed by atoms with van der Waals surface area (Å²) in [7, 11) is -4.25. The minimum Gasteiger partial charge on any atom is -0.744 e. The van der Waals surface area contributed by atoms with Crippen LogP contribution in [0.15, 0.2) is 47.9 Å². The largest absolute Gasteiger partial charge is 1.00 e. The molecule has 0 aliphatic carbocycles.